The second-order valence-corrected chi connectivity index (χ2v) is 13.6. The monoisotopic (exact) mass is 728 g/mol. The van der Waals surface area contributed by atoms with E-state index in [9.17, 15) is 8.78 Å². The van der Waals surface area contributed by atoms with Gasteiger partial charge in [0.1, 0.15) is 11.6 Å². The molecule has 6 nitrogen and oxygen atoms in total. The molecule has 0 radical (unpaired) electrons. The van der Waals surface area contributed by atoms with Crippen molar-refractivity contribution in [2.75, 3.05) is 13.1 Å². The standard InChI is InChI=1S/C44H42F2N6.ClH/c45-33-17-13-31(14-18-33)29-51-41-11-5-3-9-37(41)39-23-35(49-27-43(39)51)25-47-21-7-1-2-8-22-48-26-36-24-40-38-10-4-6-12-42(38)52(44(40)28-50-36)30-32-15-19-34(46)20-16-32;/h3-6,9-20,23-24,27-28,47-48H,1-2,7-8,21-22,25-26,29-30H2;1H. The first-order valence-corrected chi connectivity index (χ1v) is 18.2. The molecule has 8 aromatic rings. The molecule has 8 rings (SSSR count). The van der Waals surface area contributed by atoms with Gasteiger partial charge >= 0.3 is 0 Å². The Labute approximate surface area is 314 Å². The van der Waals surface area contributed by atoms with Crippen LogP contribution < -0.4 is 10.6 Å². The Morgan fingerprint density at radius 1 is 0.472 bits per heavy atom. The molecule has 0 saturated heterocycles. The second kappa shape index (κ2) is 16.7. The van der Waals surface area contributed by atoms with E-state index in [1.807, 2.05) is 36.7 Å². The van der Waals surface area contributed by atoms with E-state index in [4.69, 9.17) is 9.97 Å². The Hall–Kier alpha value is -5.15. The zero-order valence-corrected chi connectivity index (χ0v) is 30.4. The Balaban J connectivity index is 0.00000435. The van der Waals surface area contributed by atoms with E-state index in [0.29, 0.717) is 13.1 Å². The first-order valence-electron chi connectivity index (χ1n) is 18.2. The summed E-state index contributed by atoms with van der Waals surface area (Å²) in [6.07, 6.45) is 8.56. The fraction of sp³-hybridized carbons (Fsp3) is 0.227. The Morgan fingerprint density at radius 3 is 1.32 bits per heavy atom. The van der Waals surface area contributed by atoms with E-state index in [2.05, 4.69) is 80.4 Å². The molecule has 4 heterocycles. The van der Waals surface area contributed by atoms with Crippen LogP contribution in [0.4, 0.5) is 8.78 Å². The van der Waals surface area contributed by atoms with Crippen LogP contribution in [0.3, 0.4) is 0 Å². The molecule has 0 aliphatic carbocycles. The van der Waals surface area contributed by atoms with Crippen LogP contribution in [-0.2, 0) is 26.2 Å². The SMILES string of the molecule is Cl.Fc1ccc(Cn2c3ccccc3c3cc(CNCCCCCCNCc4cc5c6ccccc6n(Cc6ccc(F)cc6)c5cn4)ncc32)cc1. The molecule has 0 aliphatic heterocycles. The molecule has 0 amide bonds. The zero-order valence-electron chi connectivity index (χ0n) is 29.6. The predicted octanol–water partition coefficient (Wildman–Crippen LogP) is 9.93. The van der Waals surface area contributed by atoms with E-state index in [1.165, 1.54) is 58.7 Å². The minimum Gasteiger partial charge on any atom is -0.335 e. The first-order chi connectivity index (χ1) is 25.6. The normalized spacial score (nSPS) is 11.6. The number of nitrogens with zero attached hydrogens (tertiary/aromatic N) is 4. The molecule has 2 N–H and O–H groups in total. The summed E-state index contributed by atoms with van der Waals surface area (Å²) in [5, 5.41) is 12.0. The van der Waals surface area contributed by atoms with Crippen LogP contribution in [0.25, 0.3) is 43.6 Å². The van der Waals surface area contributed by atoms with Gasteiger partial charge in [0, 0.05) is 58.8 Å². The topological polar surface area (TPSA) is 59.7 Å². The van der Waals surface area contributed by atoms with E-state index < -0.39 is 0 Å². The molecular formula is C44H43ClF2N6. The van der Waals surface area contributed by atoms with Crippen LogP contribution in [0.2, 0.25) is 0 Å². The molecule has 9 heteroatoms. The lowest BCUT2D eigenvalue weighted by Gasteiger charge is -2.09. The molecule has 0 atom stereocenters. The summed E-state index contributed by atoms with van der Waals surface area (Å²) in [5.41, 5.74) is 8.67. The van der Waals surface area contributed by atoms with E-state index in [-0.39, 0.29) is 24.0 Å². The fourth-order valence-electron chi connectivity index (χ4n) is 7.34. The summed E-state index contributed by atoms with van der Waals surface area (Å²) >= 11 is 0. The molecule has 0 unspecified atom stereocenters. The minimum absolute atomic E-state index is 0. The highest BCUT2D eigenvalue weighted by Gasteiger charge is 2.14. The third kappa shape index (κ3) is 8.10. The highest BCUT2D eigenvalue weighted by molar-refractivity contribution is 6.08. The summed E-state index contributed by atoms with van der Waals surface area (Å²) in [4.78, 5) is 9.59. The maximum atomic E-state index is 13.5. The van der Waals surface area contributed by atoms with Crippen LogP contribution in [0.1, 0.15) is 48.2 Å². The van der Waals surface area contributed by atoms with Gasteiger partial charge in [-0.05, 0) is 85.6 Å². The molecule has 0 aliphatic rings. The smallest absolute Gasteiger partial charge is 0.123 e. The summed E-state index contributed by atoms with van der Waals surface area (Å²) in [7, 11) is 0. The summed E-state index contributed by atoms with van der Waals surface area (Å²) in [6, 6.07) is 34.7. The van der Waals surface area contributed by atoms with Crippen LogP contribution in [0.5, 0.6) is 0 Å². The summed E-state index contributed by atoms with van der Waals surface area (Å²) < 4.78 is 31.5. The lowest BCUT2D eigenvalue weighted by molar-refractivity contribution is 0.559. The van der Waals surface area contributed by atoms with Crippen molar-refractivity contribution in [3.05, 3.63) is 156 Å². The van der Waals surface area contributed by atoms with Gasteiger partial charge in [0.05, 0.1) is 34.8 Å². The van der Waals surface area contributed by atoms with Gasteiger partial charge in [-0.15, -0.1) is 12.4 Å². The Bertz CT molecular complexity index is 2280. The number of para-hydroxylation sites is 2. The third-order valence-electron chi connectivity index (χ3n) is 10.0. The van der Waals surface area contributed by atoms with Gasteiger partial charge < -0.3 is 19.8 Å². The molecule has 270 valence electrons. The lowest BCUT2D eigenvalue weighted by atomic mass is 10.1. The summed E-state index contributed by atoms with van der Waals surface area (Å²) in [6.45, 7) is 4.71. The molecule has 53 heavy (non-hydrogen) atoms. The Morgan fingerprint density at radius 2 is 0.887 bits per heavy atom. The van der Waals surface area contributed by atoms with Gasteiger partial charge in [0.25, 0.3) is 0 Å². The largest absolute Gasteiger partial charge is 0.335 e. The molecule has 0 fully saturated rings. The number of nitrogens with one attached hydrogen (secondary N) is 2. The van der Waals surface area contributed by atoms with Crippen LogP contribution >= 0.6 is 12.4 Å². The van der Waals surface area contributed by atoms with Gasteiger partial charge in [0.2, 0.25) is 0 Å². The Kier molecular flexibility index (Phi) is 11.4. The van der Waals surface area contributed by atoms with Gasteiger partial charge in [-0.2, -0.15) is 0 Å². The van der Waals surface area contributed by atoms with Crippen molar-refractivity contribution in [3.63, 3.8) is 0 Å². The number of benzene rings is 4. The van der Waals surface area contributed by atoms with E-state index >= 15 is 0 Å². The second-order valence-electron chi connectivity index (χ2n) is 13.6. The number of unbranched alkanes of at least 4 members (excludes halogenated alkanes) is 3. The van der Waals surface area contributed by atoms with Gasteiger partial charge in [-0.1, -0.05) is 73.5 Å². The van der Waals surface area contributed by atoms with Crippen molar-refractivity contribution in [2.24, 2.45) is 0 Å². The average molecular weight is 729 g/mol. The number of fused-ring (bicyclic) bond motifs is 6. The number of pyridine rings is 2. The molecular weight excluding hydrogens is 686 g/mol. The van der Waals surface area contributed by atoms with Crippen LogP contribution in [-0.4, -0.2) is 32.2 Å². The summed E-state index contributed by atoms with van der Waals surface area (Å²) in [5.74, 6) is -0.438. The predicted molar refractivity (Wildman–Crippen MR) is 215 cm³/mol. The average Bonchev–Trinajstić information content (AvgIpc) is 3.65. The minimum atomic E-state index is -0.219. The number of hydrogen-bond acceptors (Lipinski definition) is 4. The lowest BCUT2D eigenvalue weighted by Crippen LogP contribution is -2.16. The zero-order chi connectivity index (χ0) is 35.3. The van der Waals surface area contributed by atoms with E-state index in [0.717, 1.165) is 83.6 Å². The van der Waals surface area contributed by atoms with Crippen molar-refractivity contribution in [1.29, 1.82) is 0 Å². The molecule has 4 aromatic carbocycles. The van der Waals surface area contributed by atoms with Gasteiger partial charge in [0.15, 0.2) is 0 Å². The van der Waals surface area contributed by atoms with Crippen LogP contribution in [0, 0.1) is 11.6 Å². The molecule has 0 spiro atoms. The highest BCUT2D eigenvalue weighted by atomic mass is 35.5. The number of aromatic nitrogens is 4. The maximum Gasteiger partial charge on any atom is 0.123 e. The number of rotatable bonds is 15. The van der Waals surface area contributed by atoms with Crippen molar-refractivity contribution in [2.45, 2.75) is 51.9 Å². The van der Waals surface area contributed by atoms with E-state index in [1.54, 1.807) is 0 Å². The highest BCUT2D eigenvalue weighted by Crippen LogP contribution is 2.31. The fourth-order valence-corrected chi connectivity index (χ4v) is 7.34. The third-order valence-corrected chi connectivity index (χ3v) is 10.0. The van der Waals surface area contributed by atoms with Crippen molar-refractivity contribution >= 4 is 56.0 Å². The number of hydrogen-bond donors (Lipinski definition) is 2. The molecule has 4 aromatic heterocycles. The quantitative estimate of drug-likeness (QED) is 0.103. The van der Waals surface area contributed by atoms with Crippen molar-refractivity contribution < 1.29 is 8.78 Å². The molecule has 0 saturated carbocycles. The first kappa shape index (κ1) is 36.2. The van der Waals surface area contributed by atoms with Crippen molar-refractivity contribution in [1.82, 2.24) is 29.7 Å². The van der Waals surface area contributed by atoms with Crippen molar-refractivity contribution in [3.8, 4) is 0 Å². The molecule has 0 bridgehead atoms. The van der Waals surface area contributed by atoms with Crippen LogP contribution in [0.15, 0.2) is 122 Å². The van der Waals surface area contributed by atoms with Gasteiger partial charge in [-0.3, -0.25) is 9.97 Å². The maximum absolute atomic E-state index is 13.5. The van der Waals surface area contributed by atoms with Gasteiger partial charge in [-0.25, -0.2) is 8.78 Å². The number of halogens is 3.